The number of likely N-dealkylation sites (tertiary alicyclic amines) is 2. The van der Waals surface area contributed by atoms with Gasteiger partial charge in [-0.15, -0.1) is 0 Å². The molecular formula is C20H28N2O3. The van der Waals surface area contributed by atoms with Gasteiger partial charge in [0, 0.05) is 25.6 Å². The molecule has 2 saturated heterocycles. The van der Waals surface area contributed by atoms with E-state index in [0.29, 0.717) is 37.9 Å². The highest BCUT2D eigenvalue weighted by Gasteiger charge is 2.36. The summed E-state index contributed by atoms with van der Waals surface area (Å²) in [5.74, 6) is 0.364. The second-order valence-corrected chi connectivity index (χ2v) is 6.93. The maximum Gasteiger partial charge on any atom is 0.409 e. The molecule has 2 fully saturated rings. The molecule has 2 heterocycles. The number of ether oxygens (including phenoxy) is 1. The van der Waals surface area contributed by atoms with E-state index in [0.717, 1.165) is 32.2 Å². The Kier molecular flexibility index (Phi) is 6.08. The summed E-state index contributed by atoms with van der Waals surface area (Å²) in [5, 5.41) is 0. The van der Waals surface area contributed by atoms with E-state index in [-0.39, 0.29) is 12.1 Å². The van der Waals surface area contributed by atoms with Gasteiger partial charge in [0.05, 0.1) is 12.6 Å². The number of Topliss-reactive ketones (excluding diaryl/α,β-unsaturated/α-hetero) is 1. The fourth-order valence-electron chi connectivity index (χ4n) is 4.04. The highest BCUT2D eigenvalue weighted by molar-refractivity contribution is 5.85. The van der Waals surface area contributed by atoms with Gasteiger partial charge < -0.3 is 9.64 Å². The molecule has 0 radical (unpaired) electrons. The summed E-state index contributed by atoms with van der Waals surface area (Å²) in [4.78, 5) is 28.7. The van der Waals surface area contributed by atoms with Crippen molar-refractivity contribution in [1.82, 2.24) is 9.80 Å². The van der Waals surface area contributed by atoms with Crippen molar-refractivity contribution in [1.29, 1.82) is 0 Å². The Morgan fingerprint density at radius 2 is 1.88 bits per heavy atom. The number of carbonyl (C=O) groups is 2. The number of carbonyl (C=O) groups excluding carboxylic acids is 2. The highest BCUT2D eigenvalue weighted by Crippen LogP contribution is 2.26. The van der Waals surface area contributed by atoms with Crippen molar-refractivity contribution in [2.24, 2.45) is 0 Å². The molecule has 1 aromatic rings. The van der Waals surface area contributed by atoms with E-state index in [2.05, 4.69) is 17.0 Å². The van der Waals surface area contributed by atoms with Gasteiger partial charge in [0.2, 0.25) is 0 Å². The van der Waals surface area contributed by atoms with Gasteiger partial charge in [-0.3, -0.25) is 9.69 Å². The maximum absolute atomic E-state index is 12.6. The largest absolute Gasteiger partial charge is 0.450 e. The number of ketones is 1. The van der Waals surface area contributed by atoms with Crippen LogP contribution in [0.1, 0.15) is 38.2 Å². The minimum absolute atomic E-state index is 0.0182. The Bertz CT molecular complexity index is 582. The second kappa shape index (κ2) is 8.48. The predicted molar refractivity (Wildman–Crippen MR) is 96.5 cm³/mol. The van der Waals surface area contributed by atoms with Crippen molar-refractivity contribution in [3.05, 3.63) is 35.9 Å². The number of benzene rings is 1. The predicted octanol–water partition coefficient (Wildman–Crippen LogP) is 2.88. The number of hydrogen-bond acceptors (Lipinski definition) is 4. The SMILES string of the molecule is CCOC(=O)N1CCC(N2CCCC(=O)C2Cc2ccccc2)CC1. The molecule has 2 aliphatic rings. The summed E-state index contributed by atoms with van der Waals surface area (Å²) in [5.41, 5.74) is 1.22. The Balaban J connectivity index is 1.63. The fourth-order valence-corrected chi connectivity index (χ4v) is 4.04. The van der Waals surface area contributed by atoms with Gasteiger partial charge in [-0.05, 0) is 44.7 Å². The van der Waals surface area contributed by atoms with Crippen LogP contribution in [0.15, 0.2) is 30.3 Å². The normalized spacial score (nSPS) is 22.8. The van der Waals surface area contributed by atoms with Crippen LogP contribution in [0.5, 0.6) is 0 Å². The molecule has 0 spiro atoms. The van der Waals surface area contributed by atoms with Crippen molar-refractivity contribution in [3.8, 4) is 0 Å². The summed E-state index contributed by atoms with van der Waals surface area (Å²) >= 11 is 0. The third-order valence-electron chi connectivity index (χ3n) is 5.34. The molecule has 0 aromatic heterocycles. The maximum atomic E-state index is 12.6. The van der Waals surface area contributed by atoms with Crippen LogP contribution in [-0.2, 0) is 16.0 Å². The molecule has 0 bridgehead atoms. The lowest BCUT2D eigenvalue weighted by Gasteiger charge is -2.43. The third kappa shape index (κ3) is 4.40. The van der Waals surface area contributed by atoms with Crippen LogP contribution in [0.2, 0.25) is 0 Å². The molecule has 25 heavy (non-hydrogen) atoms. The van der Waals surface area contributed by atoms with Crippen LogP contribution < -0.4 is 0 Å². The van der Waals surface area contributed by atoms with Crippen molar-refractivity contribution in [2.75, 3.05) is 26.2 Å². The monoisotopic (exact) mass is 344 g/mol. The lowest BCUT2D eigenvalue weighted by Crippen LogP contribution is -2.55. The van der Waals surface area contributed by atoms with Gasteiger partial charge in [-0.1, -0.05) is 30.3 Å². The smallest absolute Gasteiger partial charge is 0.409 e. The molecule has 1 amide bonds. The lowest BCUT2D eigenvalue weighted by molar-refractivity contribution is -0.128. The molecule has 1 atom stereocenters. The average Bonchev–Trinajstić information content (AvgIpc) is 2.65. The first-order chi connectivity index (χ1) is 12.2. The zero-order valence-corrected chi connectivity index (χ0v) is 15.0. The Hall–Kier alpha value is -1.88. The van der Waals surface area contributed by atoms with Crippen molar-refractivity contribution >= 4 is 11.9 Å². The van der Waals surface area contributed by atoms with Gasteiger partial charge in [0.1, 0.15) is 5.78 Å². The number of piperidine rings is 2. The van der Waals surface area contributed by atoms with E-state index in [1.807, 2.05) is 25.1 Å². The lowest BCUT2D eigenvalue weighted by atomic mass is 9.90. The molecule has 1 unspecified atom stereocenters. The standard InChI is InChI=1S/C20H28N2O3/c1-2-25-20(24)21-13-10-17(11-14-21)22-12-6-9-19(23)18(22)15-16-7-4-3-5-8-16/h3-5,7-8,17-18H,2,6,9-15H2,1H3. The molecular weight excluding hydrogens is 316 g/mol. The molecule has 0 saturated carbocycles. The first-order valence-corrected chi connectivity index (χ1v) is 9.43. The summed E-state index contributed by atoms with van der Waals surface area (Å²) in [7, 11) is 0. The van der Waals surface area contributed by atoms with Gasteiger partial charge in [0.25, 0.3) is 0 Å². The van der Waals surface area contributed by atoms with Crippen molar-refractivity contribution in [3.63, 3.8) is 0 Å². The van der Waals surface area contributed by atoms with Crippen LogP contribution in [0.4, 0.5) is 4.79 Å². The van der Waals surface area contributed by atoms with Gasteiger partial charge in [-0.25, -0.2) is 4.79 Å². The molecule has 0 aliphatic carbocycles. The fraction of sp³-hybridized carbons (Fsp3) is 0.600. The summed E-state index contributed by atoms with van der Waals surface area (Å²) in [6.07, 6.45) is 4.04. The van der Waals surface area contributed by atoms with E-state index in [9.17, 15) is 9.59 Å². The first-order valence-electron chi connectivity index (χ1n) is 9.43. The summed E-state index contributed by atoms with van der Waals surface area (Å²) in [6, 6.07) is 10.6. The Labute approximate surface area is 149 Å². The number of amides is 1. The highest BCUT2D eigenvalue weighted by atomic mass is 16.6. The van der Waals surface area contributed by atoms with Crippen LogP contribution >= 0.6 is 0 Å². The summed E-state index contributed by atoms with van der Waals surface area (Å²) in [6.45, 7) is 4.66. The number of hydrogen-bond donors (Lipinski definition) is 0. The quantitative estimate of drug-likeness (QED) is 0.843. The molecule has 136 valence electrons. The zero-order chi connectivity index (χ0) is 17.6. The molecule has 5 nitrogen and oxygen atoms in total. The molecule has 2 aliphatic heterocycles. The van der Waals surface area contributed by atoms with Crippen LogP contribution in [0.3, 0.4) is 0 Å². The van der Waals surface area contributed by atoms with Gasteiger partial charge >= 0.3 is 6.09 Å². The minimum Gasteiger partial charge on any atom is -0.450 e. The van der Waals surface area contributed by atoms with Gasteiger partial charge in [0.15, 0.2) is 0 Å². The second-order valence-electron chi connectivity index (χ2n) is 6.93. The molecule has 1 aromatic carbocycles. The minimum atomic E-state index is -0.212. The van der Waals surface area contributed by atoms with E-state index >= 15 is 0 Å². The topological polar surface area (TPSA) is 49.9 Å². The van der Waals surface area contributed by atoms with Crippen molar-refractivity contribution < 1.29 is 14.3 Å². The average molecular weight is 344 g/mol. The zero-order valence-electron chi connectivity index (χ0n) is 15.0. The first kappa shape index (κ1) is 17.9. The molecule has 3 rings (SSSR count). The van der Waals surface area contributed by atoms with Crippen LogP contribution in [0.25, 0.3) is 0 Å². The van der Waals surface area contributed by atoms with E-state index < -0.39 is 0 Å². The van der Waals surface area contributed by atoms with Crippen LogP contribution in [0, 0.1) is 0 Å². The summed E-state index contributed by atoms with van der Waals surface area (Å²) < 4.78 is 5.10. The number of nitrogens with zero attached hydrogens (tertiary/aromatic N) is 2. The Morgan fingerprint density at radius 3 is 2.56 bits per heavy atom. The molecule has 0 N–H and O–H groups in total. The van der Waals surface area contributed by atoms with E-state index in [4.69, 9.17) is 4.74 Å². The third-order valence-corrected chi connectivity index (χ3v) is 5.34. The van der Waals surface area contributed by atoms with E-state index in [1.165, 1.54) is 5.56 Å². The van der Waals surface area contributed by atoms with Gasteiger partial charge in [-0.2, -0.15) is 0 Å². The van der Waals surface area contributed by atoms with Crippen LogP contribution in [-0.4, -0.2) is 60.0 Å². The van der Waals surface area contributed by atoms with E-state index in [1.54, 1.807) is 4.90 Å². The Morgan fingerprint density at radius 1 is 1.16 bits per heavy atom. The molecule has 5 heteroatoms. The van der Waals surface area contributed by atoms with Crippen molar-refractivity contribution in [2.45, 2.75) is 51.1 Å². The number of rotatable bonds is 4.